The van der Waals surface area contributed by atoms with Gasteiger partial charge in [0.15, 0.2) is 11.5 Å². The number of nitro benzene ring substituents is 1. The third-order valence-corrected chi connectivity index (χ3v) is 4.62. The minimum absolute atomic E-state index is 0.0724. The standard InChI is InChI=1S/C20H27N3O5/c1-13(2)12-16(24)17-18(14-6-8-15(9-7-14)23(27)28)22(20(26)19(17)25)11-5-10-21(3)4/h6-9,13,18,25H,5,10-12H2,1-4H3. The second-order valence-corrected chi connectivity index (χ2v) is 7.69. The molecule has 0 aliphatic carbocycles. The Labute approximate surface area is 164 Å². The summed E-state index contributed by atoms with van der Waals surface area (Å²) >= 11 is 0. The van der Waals surface area contributed by atoms with Gasteiger partial charge < -0.3 is 14.9 Å². The van der Waals surface area contributed by atoms with Crippen LogP contribution in [0.2, 0.25) is 0 Å². The van der Waals surface area contributed by atoms with Crippen molar-refractivity contribution in [2.75, 3.05) is 27.2 Å². The van der Waals surface area contributed by atoms with Gasteiger partial charge in [0.2, 0.25) is 0 Å². The van der Waals surface area contributed by atoms with E-state index in [1.165, 1.54) is 29.2 Å². The third kappa shape index (κ3) is 4.75. The highest BCUT2D eigenvalue weighted by Gasteiger charge is 2.43. The second-order valence-electron chi connectivity index (χ2n) is 7.69. The monoisotopic (exact) mass is 389 g/mol. The molecule has 1 aliphatic heterocycles. The number of aliphatic hydroxyl groups excluding tert-OH is 1. The van der Waals surface area contributed by atoms with E-state index in [2.05, 4.69) is 0 Å². The van der Waals surface area contributed by atoms with Crippen molar-refractivity contribution in [1.82, 2.24) is 9.80 Å². The van der Waals surface area contributed by atoms with Gasteiger partial charge in [0.05, 0.1) is 16.5 Å². The average Bonchev–Trinajstić information content (AvgIpc) is 2.86. The van der Waals surface area contributed by atoms with E-state index in [0.29, 0.717) is 18.5 Å². The van der Waals surface area contributed by atoms with Crippen LogP contribution in [0.5, 0.6) is 0 Å². The summed E-state index contributed by atoms with van der Waals surface area (Å²) in [5.74, 6) is -1.30. The number of aliphatic hydroxyl groups is 1. The predicted molar refractivity (Wildman–Crippen MR) is 105 cm³/mol. The molecular formula is C20H27N3O5. The van der Waals surface area contributed by atoms with E-state index in [0.717, 1.165) is 6.54 Å². The van der Waals surface area contributed by atoms with Gasteiger partial charge in [-0.25, -0.2) is 0 Å². The molecule has 0 bridgehead atoms. The quantitative estimate of drug-likeness (QED) is 0.514. The number of carbonyl (C=O) groups is 2. The Morgan fingerprint density at radius 1 is 1.29 bits per heavy atom. The Morgan fingerprint density at radius 2 is 1.89 bits per heavy atom. The Balaban J connectivity index is 2.41. The van der Waals surface area contributed by atoms with E-state index < -0.39 is 22.6 Å². The number of Topliss-reactive ketones (excluding diaryl/α,β-unsaturated/α-hetero) is 1. The molecule has 8 nitrogen and oxygen atoms in total. The highest BCUT2D eigenvalue weighted by atomic mass is 16.6. The molecule has 1 unspecified atom stereocenters. The SMILES string of the molecule is CC(C)CC(=O)C1=C(O)C(=O)N(CCCN(C)C)C1c1ccc([N+](=O)[O-])cc1. The van der Waals surface area contributed by atoms with Crippen LogP contribution in [0.3, 0.4) is 0 Å². The number of ketones is 1. The van der Waals surface area contributed by atoms with Crippen LogP contribution >= 0.6 is 0 Å². The van der Waals surface area contributed by atoms with Gasteiger partial charge in [0, 0.05) is 25.1 Å². The van der Waals surface area contributed by atoms with Gasteiger partial charge in [0.25, 0.3) is 11.6 Å². The van der Waals surface area contributed by atoms with Crippen LogP contribution in [0.1, 0.15) is 38.3 Å². The summed E-state index contributed by atoms with van der Waals surface area (Å²) in [5, 5.41) is 21.4. The van der Waals surface area contributed by atoms with Crippen LogP contribution in [-0.2, 0) is 9.59 Å². The lowest BCUT2D eigenvalue weighted by molar-refractivity contribution is -0.384. The van der Waals surface area contributed by atoms with Gasteiger partial charge in [-0.1, -0.05) is 13.8 Å². The van der Waals surface area contributed by atoms with E-state index >= 15 is 0 Å². The average molecular weight is 389 g/mol. The fourth-order valence-corrected chi connectivity index (χ4v) is 3.33. The Hall–Kier alpha value is -2.74. The maximum Gasteiger partial charge on any atom is 0.290 e. The van der Waals surface area contributed by atoms with Gasteiger partial charge in [-0.3, -0.25) is 19.7 Å². The van der Waals surface area contributed by atoms with Crippen LogP contribution in [0.25, 0.3) is 0 Å². The van der Waals surface area contributed by atoms with Crippen LogP contribution in [0, 0.1) is 16.0 Å². The van der Waals surface area contributed by atoms with Gasteiger partial charge in [0.1, 0.15) is 0 Å². The summed E-state index contributed by atoms with van der Waals surface area (Å²) in [6, 6.07) is 5.03. The molecular weight excluding hydrogens is 362 g/mol. The number of nitrogens with zero attached hydrogens (tertiary/aromatic N) is 3. The Bertz CT molecular complexity index is 784. The molecule has 1 aromatic rings. The molecule has 0 fully saturated rings. The summed E-state index contributed by atoms with van der Waals surface area (Å²) in [5.41, 5.74) is 0.577. The van der Waals surface area contributed by atoms with Crippen LogP contribution < -0.4 is 0 Å². The maximum atomic E-state index is 12.8. The topological polar surface area (TPSA) is 104 Å². The van der Waals surface area contributed by atoms with E-state index in [-0.39, 0.29) is 29.4 Å². The minimum atomic E-state index is -0.735. The Morgan fingerprint density at radius 3 is 2.39 bits per heavy atom. The normalized spacial score (nSPS) is 17.1. The Kier molecular flexibility index (Phi) is 6.90. The first-order valence-corrected chi connectivity index (χ1v) is 9.29. The minimum Gasteiger partial charge on any atom is -0.503 e. The second kappa shape index (κ2) is 8.97. The number of benzene rings is 1. The number of rotatable bonds is 9. The molecule has 1 heterocycles. The fraction of sp³-hybridized carbons (Fsp3) is 0.500. The van der Waals surface area contributed by atoms with Crippen molar-refractivity contribution in [2.24, 2.45) is 5.92 Å². The molecule has 1 atom stereocenters. The lowest BCUT2D eigenvalue weighted by atomic mass is 9.92. The molecule has 0 spiro atoms. The van der Waals surface area contributed by atoms with Gasteiger partial charge in [-0.15, -0.1) is 0 Å². The number of hydrogen-bond donors (Lipinski definition) is 1. The lowest BCUT2D eigenvalue weighted by Crippen LogP contribution is -2.33. The van der Waals surface area contributed by atoms with Crippen molar-refractivity contribution in [3.8, 4) is 0 Å². The zero-order valence-electron chi connectivity index (χ0n) is 16.7. The first-order chi connectivity index (χ1) is 13.1. The van der Waals surface area contributed by atoms with E-state index in [9.17, 15) is 24.8 Å². The van der Waals surface area contributed by atoms with Crippen LogP contribution in [0.15, 0.2) is 35.6 Å². The molecule has 2 rings (SSSR count). The van der Waals surface area contributed by atoms with Crippen LogP contribution in [-0.4, -0.2) is 58.7 Å². The predicted octanol–water partition coefficient (Wildman–Crippen LogP) is 2.86. The zero-order valence-corrected chi connectivity index (χ0v) is 16.7. The van der Waals surface area contributed by atoms with Crippen LogP contribution in [0.4, 0.5) is 5.69 Å². The number of carbonyl (C=O) groups excluding carboxylic acids is 2. The first-order valence-electron chi connectivity index (χ1n) is 9.29. The molecule has 1 N–H and O–H groups in total. The molecule has 8 heteroatoms. The van der Waals surface area contributed by atoms with Gasteiger partial charge >= 0.3 is 0 Å². The number of hydrogen-bond acceptors (Lipinski definition) is 6. The summed E-state index contributed by atoms with van der Waals surface area (Å²) < 4.78 is 0. The first kappa shape index (κ1) is 21.6. The highest BCUT2D eigenvalue weighted by Crippen LogP contribution is 2.39. The number of nitro groups is 1. The van der Waals surface area contributed by atoms with Gasteiger partial charge in [-0.2, -0.15) is 0 Å². The molecule has 0 saturated heterocycles. The van der Waals surface area contributed by atoms with Crippen molar-refractivity contribution in [1.29, 1.82) is 0 Å². The summed E-state index contributed by atoms with van der Waals surface area (Å²) in [7, 11) is 3.85. The number of amides is 1. The molecule has 1 aromatic carbocycles. The zero-order chi connectivity index (χ0) is 21.0. The van der Waals surface area contributed by atoms with E-state index in [4.69, 9.17) is 0 Å². The lowest BCUT2D eigenvalue weighted by Gasteiger charge is -2.27. The largest absolute Gasteiger partial charge is 0.503 e. The van der Waals surface area contributed by atoms with Gasteiger partial charge in [-0.05, 0) is 50.7 Å². The number of non-ortho nitro benzene ring substituents is 1. The van der Waals surface area contributed by atoms with Crippen molar-refractivity contribution in [3.05, 3.63) is 51.3 Å². The molecule has 1 aliphatic rings. The summed E-state index contributed by atoms with van der Waals surface area (Å²) in [6.45, 7) is 4.89. The maximum absolute atomic E-state index is 12.8. The molecule has 1 amide bonds. The third-order valence-electron chi connectivity index (χ3n) is 4.62. The van der Waals surface area contributed by atoms with E-state index in [1.54, 1.807) is 0 Å². The molecule has 152 valence electrons. The van der Waals surface area contributed by atoms with E-state index in [1.807, 2.05) is 32.8 Å². The van der Waals surface area contributed by atoms with Crippen molar-refractivity contribution in [2.45, 2.75) is 32.7 Å². The highest BCUT2D eigenvalue weighted by molar-refractivity contribution is 6.09. The van der Waals surface area contributed by atoms with Crippen molar-refractivity contribution >= 4 is 17.4 Å². The summed E-state index contributed by atoms with van der Waals surface area (Å²) in [4.78, 5) is 39.4. The fourth-order valence-electron chi connectivity index (χ4n) is 3.33. The molecule has 0 aromatic heterocycles. The summed E-state index contributed by atoms with van der Waals surface area (Å²) in [6.07, 6.45) is 0.878. The molecule has 0 saturated carbocycles. The van der Waals surface area contributed by atoms with Crippen molar-refractivity contribution < 1.29 is 19.6 Å². The smallest absolute Gasteiger partial charge is 0.290 e. The molecule has 0 radical (unpaired) electrons. The van der Waals surface area contributed by atoms with Crippen molar-refractivity contribution in [3.63, 3.8) is 0 Å². The molecule has 28 heavy (non-hydrogen) atoms.